The second-order valence-corrected chi connectivity index (χ2v) is 7.31. The fourth-order valence-electron chi connectivity index (χ4n) is 2.98. The van der Waals surface area contributed by atoms with Gasteiger partial charge in [-0.25, -0.2) is 4.98 Å². The van der Waals surface area contributed by atoms with Gasteiger partial charge in [-0.05, 0) is 44.0 Å². The topological polar surface area (TPSA) is 58.1 Å². The van der Waals surface area contributed by atoms with Gasteiger partial charge in [0.05, 0.1) is 17.8 Å². The van der Waals surface area contributed by atoms with Gasteiger partial charge >= 0.3 is 0 Å². The lowest BCUT2D eigenvalue weighted by molar-refractivity contribution is -0.120. The van der Waals surface area contributed by atoms with E-state index < -0.39 is 0 Å². The lowest BCUT2D eigenvalue weighted by Crippen LogP contribution is -2.35. The molecule has 5 nitrogen and oxygen atoms in total. The van der Waals surface area contributed by atoms with Gasteiger partial charge in [-0.1, -0.05) is 13.0 Å². The molecule has 3 rings (SSSR count). The number of nitrogens with one attached hydrogen (secondary N) is 1. The van der Waals surface area contributed by atoms with Crippen molar-refractivity contribution in [2.75, 3.05) is 26.2 Å². The van der Waals surface area contributed by atoms with E-state index in [-0.39, 0.29) is 5.91 Å². The molecule has 1 fully saturated rings. The summed E-state index contributed by atoms with van der Waals surface area (Å²) >= 11 is 1.53. The summed E-state index contributed by atoms with van der Waals surface area (Å²) in [7, 11) is 0. The molecular weight excluding hydrogens is 320 g/mol. The quantitative estimate of drug-likeness (QED) is 0.839. The van der Waals surface area contributed by atoms with Gasteiger partial charge in [0.1, 0.15) is 5.01 Å². The van der Waals surface area contributed by atoms with E-state index in [9.17, 15) is 4.79 Å². The Bertz CT molecular complexity index is 652. The summed E-state index contributed by atoms with van der Waals surface area (Å²) in [5.74, 6) is 0.521. The Morgan fingerprint density at radius 1 is 1.38 bits per heavy atom. The van der Waals surface area contributed by atoms with Crippen molar-refractivity contribution < 1.29 is 4.79 Å². The standard InChI is InChI=1S/C18H24N4OS/c1-14(12-22-8-4-5-9-22)11-20-17(23)10-15-13-24-18(21-15)16-6-2-3-7-19-16/h2-3,6-7,13-14H,4-5,8-12H2,1H3,(H,20,23)/t14-/m1/s1. The minimum Gasteiger partial charge on any atom is -0.355 e. The van der Waals surface area contributed by atoms with E-state index in [2.05, 4.69) is 27.1 Å². The Kier molecular flexibility index (Phi) is 5.93. The van der Waals surface area contributed by atoms with Crippen molar-refractivity contribution in [1.82, 2.24) is 20.2 Å². The number of thiazole rings is 1. The minimum absolute atomic E-state index is 0.0427. The van der Waals surface area contributed by atoms with Crippen molar-refractivity contribution in [2.24, 2.45) is 5.92 Å². The predicted octanol–water partition coefficient (Wildman–Crippen LogP) is 2.60. The molecular formula is C18H24N4OS. The lowest BCUT2D eigenvalue weighted by atomic mass is 10.1. The van der Waals surface area contributed by atoms with Gasteiger partial charge < -0.3 is 10.2 Å². The SMILES string of the molecule is C[C@H](CNC(=O)Cc1csc(-c2ccccn2)n1)CN1CCCC1. The second kappa shape index (κ2) is 8.35. The summed E-state index contributed by atoms with van der Waals surface area (Å²) in [5.41, 5.74) is 1.67. The van der Waals surface area contributed by atoms with Gasteiger partial charge in [0.25, 0.3) is 0 Å². The molecule has 24 heavy (non-hydrogen) atoms. The third-order valence-electron chi connectivity index (χ3n) is 4.19. The van der Waals surface area contributed by atoms with Crippen LogP contribution in [0.5, 0.6) is 0 Å². The van der Waals surface area contributed by atoms with Gasteiger partial charge in [-0.2, -0.15) is 0 Å². The Morgan fingerprint density at radius 3 is 2.96 bits per heavy atom. The van der Waals surface area contributed by atoms with Crippen molar-refractivity contribution >= 4 is 17.2 Å². The summed E-state index contributed by atoms with van der Waals surface area (Å²) in [6.45, 7) is 6.40. The molecule has 2 aromatic rings. The average molecular weight is 344 g/mol. The molecule has 0 unspecified atom stereocenters. The number of aromatic nitrogens is 2. The molecule has 128 valence electrons. The van der Waals surface area contributed by atoms with E-state index in [4.69, 9.17) is 0 Å². The second-order valence-electron chi connectivity index (χ2n) is 6.45. The summed E-state index contributed by atoms with van der Waals surface area (Å²) in [6.07, 6.45) is 4.70. The first-order valence-corrected chi connectivity index (χ1v) is 9.43. The van der Waals surface area contributed by atoms with Gasteiger partial charge in [0.15, 0.2) is 0 Å². The summed E-state index contributed by atoms with van der Waals surface area (Å²) in [4.78, 5) is 23.4. The van der Waals surface area contributed by atoms with Crippen LogP contribution in [-0.2, 0) is 11.2 Å². The van der Waals surface area contributed by atoms with Crippen LogP contribution in [0.25, 0.3) is 10.7 Å². The number of hydrogen-bond acceptors (Lipinski definition) is 5. The van der Waals surface area contributed by atoms with Crippen molar-refractivity contribution in [3.8, 4) is 10.7 Å². The highest BCUT2D eigenvalue weighted by Gasteiger charge is 2.15. The molecule has 1 saturated heterocycles. The van der Waals surface area contributed by atoms with Crippen LogP contribution >= 0.6 is 11.3 Å². The first-order valence-electron chi connectivity index (χ1n) is 8.55. The smallest absolute Gasteiger partial charge is 0.226 e. The van der Waals surface area contributed by atoms with E-state index in [1.807, 2.05) is 23.6 Å². The van der Waals surface area contributed by atoms with Gasteiger partial charge in [-0.15, -0.1) is 11.3 Å². The zero-order chi connectivity index (χ0) is 16.8. The normalized spacial score (nSPS) is 16.2. The van der Waals surface area contributed by atoms with Gasteiger partial charge in [-0.3, -0.25) is 9.78 Å². The van der Waals surface area contributed by atoms with Crippen molar-refractivity contribution in [3.05, 3.63) is 35.5 Å². The lowest BCUT2D eigenvalue weighted by Gasteiger charge is -2.20. The molecule has 3 heterocycles. The number of pyridine rings is 1. The molecule has 0 spiro atoms. The molecule has 0 bridgehead atoms. The summed E-state index contributed by atoms with van der Waals surface area (Å²) in [6, 6.07) is 5.76. The molecule has 0 aromatic carbocycles. The first kappa shape index (κ1) is 17.0. The predicted molar refractivity (Wildman–Crippen MR) is 96.9 cm³/mol. The van der Waals surface area contributed by atoms with Crippen molar-refractivity contribution in [1.29, 1.82) is 0 Å². The fraction of sp³-hybridized carbons (Fsp3) is 0.500. The van der Waals surface area contributed by atoms with Crippen LogP contribution in [0.3, 0.4) is 0 Å². The first-order chi connectivity index (χ1) is 11.7. The molecule has 1 N–H and O–H groups in total. The molecule has 1 amide bonds. The van der Waals surface area contributed by atoms with E-state index in [1.165, 1.54) is 37.3 Å². The Balaban J connectivity index is 1.44. The van der Waals surface area contributed by atoms with E-state index in [1.54, 1.807) is 6.20 Å². The molecule has 2 aromatic heterocycles. The molecule has 1 atom stereocenters. The Labute approximate surface area is 147 Å². The average Bonchev–Trinajstić information content (AvgIpc) is 3.26. The van der Waals surface area contributed by atoms with Gasteiger partial charge in [0.2, 0.25) is 5.91 Å². The number of hydrogen-bond donors (Lipinski definition) is 1. The summed E-state index contributed by atoms with van der Waals surface area (Å²) in [5, 5.41) is 5.84. The molecule has 0 aliphatic carbocycles. The molecule has 1 aliphatic rings. The van der Waals surface area contributed by atoms with Crippen LogP contribution in [0.2, 0.25) is 0 Å². The van der Waals surface area contributed by atoms with Crippen LogP contribution < -0.4 is 5.32 Å². The van der Waals surface area contributed by atoms with Crippen molar-refractivity contribution in [2.45, 2.75) is 26.2 Å². The van der Waals surface area contributed by atoms with Crippen LogP contribution in [0.4, 0.5) is 0 Å². The zero-order valence-corrected chi connectivity index (χ0v) is 14.9. The monoisotopic (exact) mass is 344 g/mol. The minimum atomic E-state index is 0.0427. The number of rotatable bonds is 7. The highest BCUT2D eigenvalue weighted by atomic mass is 32.1. The maximum atomic E-state index is 12.1. The van der Waals surface area contributed by atoms with E-state index in [0.29, 0.717) is 12.3 Å². The number of amides is 1. The fourth-order valence-corrected chi connectivity index (χ4v) is 3.78. The third kappa shape index (κ3) is 4.85. The maximum Gasteiger partial charge on any atom is 0.226 e. The number of carbonyl (C=O) groups is 1. The highest BCUT2D eigenvalue weighted by molar-refractivity contribution is 7.13. The largest absolute Gasteiger partial charge is 0.355 e. The molecule has 0 radical (unpaired) electrons. The van der Waals surface area contributed by atoms with Crippen LogP contribution in [0, 0.1) is 5.92 Å². The number of carbonyl (C=O) groups excluding carboxylic acids is 1. The van der Waals surface area contributed by atoms with E-state index >= 15 is 0 Å². The molecule has 0 saturated carbocycles. The van der Waals surface area contributed by atoms with Crippen LogP contribution in [0.15, 0.2) is 29.8 Å². The third-order valence-corrected chi connectivity index (χ3v) is 5.11. The zero-order valence-electron chi connectivity index (χ0n) is 14.1. The number of likely N-dealkylation sites (tertiary alicyclic amines) is 1. The Hall–Kier alpha value is -1.79. The summed E-state index contributed by atoms with van der Waals surface area (Å²) < 4.78 is 0. The van der Waals surface area contributed by atoms with E-state index in [0.717, 1.165) is 29.5 Å². The van der Waals surface area contributed by atoms with Crippen molar-refractivity contribution in [3.63, 3.8) is 0 Å². The molecule has 6 heteroatoms. The highest BCUT2D eigenvalue weighted by Crippen LogP contribution is 2.21. The van der Waals surface area contributed by atoms with Gasteiger partial charge in [0, 0.05) is 24.7 Å². The Morgan fingerprint density at radius 2 is 2.21 bits per heavy atom. The van der Waals surface area contributed by atoms with Crippen LogP contribution in [0.1, 0.15) is 25.5 Å². The number of nitrogens with zero attached hydrogens (tertiary/aromatic N) is 3. The van der Waals surface area contributed by atoms with Crippen LogP contribution in [-0.4, -0.2) is 47.0 Å². The molecule has 1 aliphatic heterocycles. The maximum absolute atomic E-state index is 12.1.